The minimum absolute atomic E-state index is 0.366. The molecule has 128 valence electrons. The molecule has 6 heteroatoms. The van der Waals surface area contributed by atoms with Crippen LogP contribution in [0.2, 0.25) is 0 Å². The molecular formula is C18H22F2N4. The van der Waals surface area contributed by atoms with Crippen LogP contribution in [0.25, 0.3) is 11.3 Å². The fourth-order valence-electron chi connectivity index (χ4n) is 3.81. The zero-order valence-electron chi connectivity index (χ0n) is 13.9. The highest BCUT2D eigenvalue weighted by molar-refractivity contribution is 5.65. The lowest BCUT2D eigenvalue weighted by molar-refractivity contribution is 0.209. The van der Waals surface area contributed by atoms with Crippen LogP contribution < -0.4 is 5.32 Å². The van der Waals surface area contributed by atoms with E-state index in [0.29, 0.717) is 23.8 Å². The minimum Gasteiger partial charge on any atom is -0.312 e. The van der Waals surface area contributed by atoms with E-state index >= 15 is 0 Å². The standard InChI is InChI=1S/C18H22F2N4/c1-23-8-5-13(6-9-23)24-17-4-7-21-11-15(17)18(22-24)14-3-2-12(19)10-16(14)20/h2-3,10,13,21H,4-9,11H2,1H3. The van der Waals surface area contributed by atoms with Crippen LogP contribution in [-0.4, -0.2) is 41.4 Å². The summed E-state index contributed by atoms with van der Waals surface area (Å²) in [5.41, 5.74) is 3.32. The third-order valence-corrected chi connectivity index (χ3v) is 5.18. The summed E-state index contributed by atoms with van der Waals surface area (Å²) in [5.74, 6) is -1.10. The summed E-state index contributed by atoms with van der Waals surface area (Å²) in [6.45, 7) is 3.71. The number of piperidine rings is 1. The Hall–Kier alpha value is -1.79. The Morgan fingerprint density at radius 2 is 2.00 bits per heavy atom. The van der Waals surface area contributed by atoms with Crippen LogP contribution in [0.5, 0.6) is 0 Å². The average molecular weight is 332 g/mol. The SMILES string of the molecule is CN1CCC(n2nc(-c3ccc(F)cc3F)c3c2CCNC3)CC1. The van der Waals surface area contributed by atoms with Gasteiger partial charge in [0.15, 0.2) is 0 Å². The molecule has 0 bridgehead atoms. The van der Waals surface area contributed by atoms with Gasteiger partial charge in [-0.25, -0.2) is 8.78 Å². The fraction of sp³-hybridized carbons (Fsp3) is 0.500. The first-order chi connectivity index (χ1) is 11.6. The number of hydrogen-bond donors (Lipinski definition) is 1. The molecule has 0 unspecified atom stereocenters. The first-order valence-electron chi connectivity index (χ1n) is 8.58. The van der Waals surface area contributed by atoms with Crippen LogP contribution in [0.1, 0.15) is 30.1 Å². The third-order valence-electron chi connectivity index (χ3n) is 5.18. The highest BCUT2D eigenvalue weighted by atomic mass is 19.1. The van der Waals surface area contributed by atoms with Crippen molar-refractivity contribution >= 4 is 0 Å². The summed E-state index contributed by atoms with van der Waals surface area (Å²) < 4.78 is 29.7. The average Bonchev–Trinajstić information content (AvgIpc) is 2.95. The van der Waals surface area contributed by atoms with Gasteiger partial charge in [-0.3, -0.25) is 4.68 Å². The Labute approximate surface area is 140 Å². The van der Waals surface area contributed by atoms with E-state index < -0.39 is 11.6 Å². The normalized spacial score (nSPS) is 19.5. The smallest absolute Gasteiger partial charge is 0.135 e. The third kappa shape index (κ3) is 2.74. The van der Waals surface area contributed by atoms with Crippen LogP contribution >= 0.6 is 0 Å². The van der Waals surface area contributed by atoms with Gasteiger partial charge >= 0.3 is 0 Å². The molecule has 0 amide bonds. The molecule has 0 atom stereocenters. The first-order valence-corrected chi connectivity index (χ1v) is 8.58. The number of nitrogens with one attached hydrogen (secondary N) is 1. The van der Waals surface area contributed by atoms with Gasteiger partial charge in [-0.05, 0) is 45.1 Å². The lowest BCUT2D eigenvalue weighted by atomic mass is 10.0. The van der Waals surface area contributed by atoms with Gasteiger partial charge < -0.3 is 10.2 Å². The van der Waals surface area contributed by atoms with Gasteiger partial charge in [0, 0.05) is 42.4 Å². The van der Waals surface area contributed by atoms with Crippen LogP contribution in [0.3, 0.4) is 0 Å². The van der Waals surface area contributed by atoms with Gasteiger partial charge in [0.05, 0.1) is 6.04 Å². The Kier molecular flexibility index (Phi) is 4.10. The fourth-order valence-corrected chi connectivity index (χ4v) is 3.81. The Morgan fingerprint density at radius 3 is 2.75 bits per heavy atom. The van der Waals surface area contributed by atoms with Crippen LogP contribution in [0.4, 0.5) is 8.78 Å². The van der Waals surface area contributed by atoms with E-state index in [0.717, 1.165) is 50.5 Å². The second kappa shape index (κ2) is 6.26. The molecule has 3 heterocycles. The number of nitrogens with zero attached hydrogens (tertiary/aromatic N) is 3. The van der Waals surface area contributed by atoms with E-state index in [9.17, 15) is 8.78 Å². The predicted molar refractivity (Wildman–Crippen MR) is 88.8 cm³/mol. The molecule has 4 nitrogen and oxygen atoms in total. The van der Waals surface area contributed by atoms with Gasteiger partial charge in [-0.1, -0.05) is 0 Å². The van der Waals surface area contributed by atoms with Crippen molar-refractivity contribution in [3.8, 4) is 11.3 Å². The molecule has 0 saturated carbocycles. The number of hydrogen-bond acceptors (Lipinski definition) is 3. The lowest BCUT2D eigenvalue weighted by Gasteiger charge is -2.30. The van der Waals surface area contributed by atoms with Crippen LogP contribution in [0.15, 0.2) is 18.2 Å². The molecule has 0 radical (unpaired) electrons. The topological polar surface area (TPSA) is 33.1 Å². The maximum atomic E-state index is 14.3. The van der Waals surface area contributed by atoms with E-state index in [4.69, 9.17) is 5.10 Å². The van der Waals surface area contributed by atoms with Crippen molar-refractivity contribution in [2.24, 2.45) is 0 Å². The lowest BCUT2D eigenvalue weighted by Crippen LogP contribution is -2.33. The molecule has 24 heavy (non-hydrogen) atoms. The van der Waals surface area contributed by atoms with E-state index in [1.165, 1.54) is 17.8 Å². The number of halogens is 2. The van der Waals surface area contributed by atoms with Crippen molar-refractivity contribution in [1.82, 2.24) is 20.0 Å². The van der Waals surface area contributed by atoms with E-state index in [-0.39, 0.29) is 0 Å². The monoisotopic (exact) mass is 332 g/mol. The van der Waals surface area contributed by atoms with E-state index in [1.54, 1.807) is 0 Å². The maximum Gasteiger partial charge on any atom is 0.135 e. The van der Waals surface area contributed by atoms with Crippen LogP contribution in [0, 0.1) is 11.6 Å². The van der Waals surface area contributed by atoms with Gasteiger partial charge in [-0.15, -0.1) is 0 Å². The molecule has 1 fully saturated rings. The van der Waals surface area contributed by atoms with Crippen LogP contribution in [-0.2, 0) is 13.0 Å². The Bertz CT molecular complexity index is 748. The van der Waals surface area contributed by atoms with Crippen molar-refractivity contribution in [1.29, 1.82) is 0 Å². The molecule has 0 aliphatic carbocycles. The number of benzene rings is 1. The zero-order chi connectivity index (χ0) is 16.7. The molecule has 2 aliphatic rings. The van der Waals surface area contributed by atoms with E-state index in [2.05, 4.69) is 21.9 Å². The van der Waals surface area contributed by atoms with Gasteiger partial charge in [-0.2, -0.15) is 5.10 Å². The molecule has 1 aromatic carbocycles. The number of aromatic nitrogens is 2. The van der Waals surface area contributed by atoms with E-state index in [1.807, 2.05) is 0 Å². The molecule has 2 aliphatic heterocycles. The predicted octanol–water partition coefficient (Wildman–Crippen LogP) is 2.74. The molecule has 2 aromatic rings. The number of likely N-dealkylation sites (tertiary alicyclic amines) is 1. The highest BCUT2D eigenvalue weighted by Crippen LogP contribution is 2.33. The summed E-state index contributed by atoms with van der Waals surface area (Å²) in [6.07, 6.45) is 3.02. The number of fused-ring (bicyclic) bond motifs is 1. The van der Waals surface area contributed by atoms with Crippen molar-refractivity contribution in [3.63, 3.8) is 0 Å². The van der Waals surface area contributed by atoms with Crippen molar-refractivity contribution in [2.75, 3.05) is 26.7 Å². The van der Waals surface area contributed by atoms with Gasteiger partial charge in [0.1, 0.15) is 17.3 Å². The molecule has 4 rings (SSSR count). The summed E-state index contributed by atoms with van der Waals surface area (Å²) in [4.78, 5) is 2.33. The van der Waals surface area contributed by atoms with Crippen molar-refractivity contribution < 1.29 is 8.78 Å². The maximum absolute atomic E-state index is 14.3. The van der Waals surface area contributed by atoms with Crippen molar-refractivity contribution in [3.05, 3.63) is 41.1 Å². The molecule has 1 N–H and O–H groups in total. The quantitative estimate of drug-likeness (QED) is 0.918. The molecule has 1 aromatic heterocycles. The molecule has 0 spiro atoms. The first kappa shape index (κ1) is 15.7. The Balaban J connectivity index is 1.78. The zero-order valence-corrected chi connectivity index (χ0v) is 13.9. The Morgan fingerprint density at radius 1 is 1.21 bits per heavy atom. The molecular weight excluding hydrogens is 310 g/mol. The second-order valence-corrected chi connectivity index (χ2v) is 6.80. The van der Waals surface area contributed by atoms with Gasteiger partial charge in [0.25, 0.3) is 0 Å². The van der Waals surface area contributed by atoms with Crippen molar-refractivity contribution in [2.45, 2.75) is 31.8 Å². The summed E-state index contributed by atoms with van der Waals surface area (Å²) in [5, 5.41) is 8.14. The number of rotatable bonds is 2. The minimum atomic E-state index is -0.557. The highest BCUT2D eigenvalue weighted by Gasteiger charge is 2.28. The largest absolute Gasteiger partial charge is 0.312 e. The van der Waals surface area contributed by atoms with Gasteiger partial charge in [0.2, 0.25) is 0 Å². The second-order valence-electron chi connectivity index (χ2n) is 6.80. The summed E-state index contributed by atoms with van der Waals surface area (Å²) in [7, 11) is 2.14. The summed E-state index contributed by atoms with van der Waals surface area (Å²) in [6, 6.07) is 4.11. The molecule has 1 saturated heterocycles. The summed E-state index contributed by atoms with van der Waals surface area (Å²) >= 11 is 0.